The number of benzene rings is 2. The molecular formula is C20H21ClFN4O2+. The first-order valence-corrected chi connectivity index (χ1v) is 9.46. The molecule has 0 radical (unpaired) electrons. The number of nitrogens with zero attached hydrogens (tertiary/aromatic N) is 1. The average Bonchev–Trinajstić information content (AvgIpc) is 3.40. The fourth-order valence-electron chi connectivity index (χ4n) is 3.09. The summed E-state index contributed by atoms with van der Waals surface area (Å²) in [6.07, 6.45) is 3.85. The molecule has 6 nitrogen and oxygen atoms in total. The van der Waals surface area contributed by atoms with Gasteiger partial charge in [-0.25, -0.2) is 15.0 Å². The molecule has 0 aliphatic heterocycles. The molecule has 0 spiro atoms. The zero-order chi connectivity index (χ0) is 19.8. The van der Waals surface area contributed by atoms with Crippen LogP contribution in [0, 0.1) is 18.7 Å². The lowest BCUT2D eigenvalue weighted by Crippen LogP contribution is -2.28. The Morgan fingerprint density at radius 1 is 1.39 bits per heavy atom. The van der Waals surface area contributed by atoms with Gasteiger partial charge in [0.15, 0.2) is 11.3 Å². The maximum atomic E-state index is 15.4. The van der Waals surface area contributed by atoms with Crippen molar-refractivity contribution in [1.82, 2.24) is 10.5 Å². The van der Waals surface area contributed by atoms with E-state index in [-0.39, 0.29) is 11.3 Å². The summed E-state index contributed by atoms with van der Waals surface area (Å²) in [7, 11) is 1.73. The number of amides is 1. The molecule has 1 fully saturated rings. The van der Waals surface area contributed by atoms with Crippen molar-refractivity contribution in [1.29, 1.82) is 0 Å². The summed E-state index contributed by atoms with van der Waals surface area (Å²) in [4.78, 5) is 21.0. The Morgan fingerprint density at radius 2 is 2.18 bits per heavy atom. The van der Waals surface area contributed by atoms with Gasteiger partial charge in [-0.1, -0.05) is 11.6 Å². The number of fused-ring (bicyclic) bond motifs is 1. The number of hydrogen-bond donors (Lipinski definition) is 3. The lowest BCUT2D eigenvalue weighted by molar-refractivity contribution is -0.645. The maximum Gasteiger partial charge on any atom is 0.277 e. The minimum Gasteiger partial charge on any atom is -0.352 e. The van der Waals surface area contributed by atoms with Gasteiger partial charge in [-0.05, 0) is 49.4 Å². The number of carbonyl (C=O) groups is 1. The Morgan fingerprint density at radius 3 is 2.89 bits per heavy atom. The monoisotopic (exact) mass is 403 g/mol. The smallest absolute Gasteiger partial charge is 0.277 e. The summed E-state index contributed by atoms with van der Waals surface area (Å²) in [6, 6.07) is 6.85. The number of imidazole rings is 1. The molecule has 0 atom stereocenters. The van der Waals surface area contributed by atoms with Crippen molar-refractivity contribution < 1.29 is 18.6 Å². The van der Waals surface area contributed by atoms with Gasteiger partial charge in [0.1, 0.15) is 0 Å². The van der Waals surface area contributed by atoms with Crippen LogP contribution >= 0.6 is 11.6 Å². The summed E-state index contributed by atoms with van der Waals surface area (Å²) < 4.78 is 17.0. The van der Waals surface area contributed by atoms with E-state index in [1.54, 1.807) is 42.2 Å². The highest BCUT2D eigenvalue weighted by Gasteiger charge is 2.26. The van der Waals surface area contributed by atoms with Crippen molar-refractivity contribution in [3.8, 4) is 0 Å². The van der Waals surface area contributed by atoms with Crippen LogP contribution in [-0.2, 0) is 11.9 Å². The van der Waals surface area contributed by atoms with Gasteiger partial charge in [-0.15, -0.1) is 0 Å². The molecule has 0 bridgehead atoms. The second-order valence-electron chi connectivity index (χ2n) is 7.16. The Hall–Kier alpha value is -2.64. The van der Waals surface area contributed by atoms with Crippen LogP contribution in [0.4, 0.5) is 15.8 Å². The molecule has 8 heteroatoms. The summed E-state index contributed by atoms with van der Waals surface area (Å²) in [6.45, 7) is 2.33. The molecule has 4 rings (SSSR count). The molecule has 3 aromatic rings. The lowest BCUT2D eigenvalue weighted by Gasteiger charge is -2.15. The minimum absolute atomic E-state index is 0.0839. The Kier molecular flexibility index (Phi) is 4.95. The van der Waals surface area contributed by atoms with Gasteiger partial charge >= 0.3 is 0 Å². The molecule has 146 valence electrons. The molecule has 1 heterocycles. The molecule has 28 heavy (non-hydrogen) atoms. The summed E-state index contributed by atoms with van der Waals surface area (Å²) in [5.74, 6) is -0.535. The van der Waals surface area contributed by atoms with Gasteiger partial charge in [0.05, 0.1) is 24.9 Å². The van der Waals surface area contributed by atoms with Gasteiger partial charge < -0.3 is 5.32 Å². The van der Waals surface area contributed by atoms with Crippen LogP contribution in [0.25, 0.3) is 11.0 Å². The number of hydroxylamine groups is 1. The fourth-order valence-corrected chi connectivity index (χ4v) is 3.32. The number of hydrogen-bond acceptors (Lipinski definition) is 3. The standard InChI is InChI=1S/C20H20ClFN4O2/c1-11-7-13(21)5-6-15(11)24-18-14(20(27)25-28-9-12-3-4-12)8-16-19(17(18)22)26(2)10-23-16/h5-8,10,12H,3-4,9H2,1-2H3,(H2,24,25,27)/p+1. The topological polar surface area (TPSA) is 70.0 Å². The minimum atomic E-state index is -0.525. The van der Waals surface area contributed by atoms with E-state index >= 15 is 4.39 Å². The van der Waals surface area contributed by atoms with Crippen LogP contribution in [0.1, 0.15) is 28.8 Å². The number of aromatic amines is 1. The first-order valence-electron chi connectivity index (χ1n) is 9.08. The number of H-pyrrole nitrogens is 1. The molecule has 1 amide bonds. The van der Waals surface area contributed by atoms with Crippen molar-refractivity contribution >= 4 is 39.9 Å². The molecule has 2 aromatic carbocycles. The van der Waals surface area contributed by atoms with Gasteiger partial charge in [-0.2, -0.15) is 4.39 Å². The molecule has 1 aromatic heterocycles. The largest absolute Gasteiger partial charge is 0.352 e. The summed E-state index contributed by atoms with van der Waals surface area (Å²) >= 11 is 6.01. The third-order valence-electron chi connectivity index (χ3n) is 4.88. The number of halogens is 2. The van der Waals surface area contributed by atoms with Crippen LogP contribution in [0.15, 0.2) is 30.6 Å². The quantitative estimate of drug-likeness (QED) is 0.431. The normalized spacial score (nSPS) is 13.7. The van der Waals surface area contributed by atoms with Crippen LogP contribution in [0.3, 0.4) is 0 Å². The van der Waals surface area contributed by atoms with Crippen molar-refractivity contribution in [2.24, 2.45) is 13.0 Å². The lowest BCUT2D eigenvalue weighted by atomic mass is 10.1. The van der Waals surface area contributed by atoms with Crippen molar-refractivity contribution in [3.05, 3.63) is 52.6 Å². The molecule has 0 unspecified atom stereocenters. The predicted molar refractivity (Wildman–Crippen MR) is 105 cm³/mol. The van der Waals surface area contributed by atoms with Crippen LogP contribution < -0.4 is 15.4 Å². The van der Waals surface area contributed by atoms with E-state index in [2.05, 4.69) is 15.8 Å². The molecule has 1 aliphatic carbocycles. The van der Waals surface area contributed by atoms with Crippen LogP contribution in [0.5, 0.6) is 0 Å². The fraction of sp³-hybridized carbons (Fsp3) is 0.300. The van der Waals surface area contributed by atoms with Crippen molar-refractivity contribution in [2.45, 2.75) is 19.8 Å². The van der Waals surface area contributed by atoms with Gasteiger partial charge in [0.2, 0.25) is 11.8 Å². The van der Waals surface area contributed by atoms with Gasteiger partial charge in [0, 0.05) is 16.8 Å². The number of carbonyl (C=O) groups excluding carboxylic acids is 1. The molecule has 1 saturated carbocycles. The van der Waals surface area contributed by atoms with E-state index in [4.69, 9.17) is 16.4 Å². The van der Waals surface area contributed by atoms with E-state index in [1.807, 2.05) is 6.92 Å². The van der Waals surface area contributed by atoms with E-state index in [9.17, 15) is 4.79 Å². The van der Waals surface area contributed by atoms with E-state index in [1.165, 1.54) is 0 Å². The molecular weight excluding hydrogens is 383 g/mol. The number of nitrogens with one attached hydrogen (secondary N) is 3. The van der Waals surface area contributed by atoms with E-state index in [0.29, 0.717) is 34.3 Å². The Bertz CT molecular complexity index is 1060. The Labute approximate surface area is 166 Å². The van der Waals surface area contributed by atoms with Crippen LogP contribution in [0.2, 0.25) is 5.02 Å². The summed E-state index contributed by atoms with van der Waals surface area (Å²) in [5, 5.41) is 3.65. The zero-order valence-corrected chi connectivity index (χ0v) is 16.4. The summed E-state index contributed by atoms with van der Waals surface area (Å²) in [5.41, 5.74) is 5.05. The number of anilines is 2. The Balaban J connectivity index is 1.73. The second kappa shape index (κ2) is 7.41. The van der Waals surface area contributed by atoms with Crippen LogP contribution in [-0.4, -0.2) is 17.5 Å². The van der Waals surface area contributed by atoms with E-state index in [0.717, 1.165) is 18.4 Å². The zero-order valence-electron chi connectivity index (χ0n) is 15.6. The number of rotatable bonds is 6. The van der Waals surface area contributed by atoms with Crippen molar-refractivity contribution in [3.63, 3.8) is 0 Å². The molecule has 1 aliphatic rings. The van der Waals surface area contributed by atoms with E-state index < -0.39 is 11.7 Å². The second-order valence-corrected chi connectivity index (χ2v) is 7.60. The van der Waals surface area contributed by atoms with Gasteiger partial charge in [-0.3, -0.25) is 9.63 Å². The first-order chi connectivity index (χ1) is 13.4. The van der Waals surface area contributed by atoms with Crippen molar-refractivity contribution in [2.75, 3.05) is 11.9 Å². The predicted octanol–water partition coefficient (Wildman–Crippen LogP) is 3.91. The maximum absolute atomic E-state index is 15.4. The highest BCUT2D eigenvalue weighted by atomic mass is 35.5. The molecule has 3 N–H and O–H groups in total. The van der Waals surface area contributed by atoms with Gasteiger partial charge in [0.25, 0.3) is 5.91 Å². The highest BCUT2D eigenvalue weighted by Crippen LogP contribution is 2.32. The number of aromatic nitrogens is 2. The third-order valence-corrected chi connectivity index (χ3v) is 5.12. The SMILES string of the molecule is Cc1cc(Cl)ccc1Nc1c(C(=O)NOCC2CC2)cc2[nH]c[n+](C)c2c1F. The molecule has 0 saturated heterocycles. The first kappa shape index (κ1) is 18.7. The highest BCUT2D eigenvalue weighted by molar-refractivity contribution is 6.30. The average molecular weight is 404 g/mol. The third kappa shape index (κ3) is 3.68. The number of aryl methyl sites for hydroxylation is 2.